The highest BCUT2D eigenvalue weighted by Gasteiger charge is 2.20. The van der Waals surface area contributed by atoms with Crippen LogP contribution in [0.4, 0.5) is 10.7 Å². The largest absolute Gasteiger partial charge is 0.396 e. The highest BCUT2D eigenvalue weighted by atomic mass is 32.1. The van der Waals surface area contributed by atoms with Gasteiger partial charge in [0, 0.05) is 6.04 Å². The predicted octanol–water partition coefficient (Wildman–Crippen LogP) is 1.51. The molecule has 1 amide bonds. The molecule has 1 rings (SSSR count). The Morgan fingerprint density at radius 2 is 2.31 bits per heavy atom. The van der Waals surface area contributed by atoms with Crippen LogP contribution in [0.2, 0.25) is 0 Å². The number of carbonyl (C=O) groups excluding carboxylic acids is 1. The SMILES string of the molecule is CCC(C)Nc1sc(C#N)c(N)c1C(N)=O. The molecule has 0 saturated heterocycles. The van der Waals surface area contributed by atoms with Crippen molar-refractivity contribution in [2.75, 3.05) is 11.1 Å². The zero-order valence-corrected chi connectivity index (χ0v) is 10.0. The molecule has 1 atom stereocenters. The van der Waals surface area contributed by atoms with Crippen LogP contribution in [0.15, 0.2) is 0 Å². The van der Waals surface area contributed by atoms with E-state index in [9.17, 15) is 4.79 Å². The van der Waals surface area contributed by atoms with E-state index in [2.05, 4.69) is 5.32 Å². The third kappa shape index (κ3) is 2.25. The Balaban J connectivity index is 3.18. The lowest BCUT2D eigenvalue weighted by Crippen LogP contribution is -2.18. The number of thiophene rings is 1. The van der Waals surface area contributed by atoms with E-state index in [-0.39, 0.29) is 17.3 Å². The second-order valence-electron chi connectivity index (χ2n) is 3.48. The molecule has 0 bridgehead atoms. The van der Waals surface area contributed by atoms with Gasteiger partial charge in [-0.3, -0.25) is 4.79 Å². The number of nitrogens with zero attached hydrogens (tertiary/aromatic N) is 1. The molecule has 0 aliphatic carbocycles. The Labute approximate surface area is 98.0 Å². The van der Waals surface area contributed by atoms with Crippen molar-refractivity contribution >= 4 is 27.9 Å². The molecule has 1 aromatic rings. The number of nitriles is 1. The molecule has 1 unspecified atom stereocenters. The van der Waals surface area contributed by atoms with E-state index in [1.54, 1.807) is 0 Å². The topological polar surface area (TPSA) is 105 Å². The summed E-state index contributed by atoms with van der Waals surface area (Å²) in [6, 6.07) is 2.14. The molecule has 16 heavy (non-hydrogen) atoms. The first-order chi connectivity index (χ1) is 7.51. The first kappa shape index (κ1) is 12.3. The molecule has 0 aromatic carbocycles. The molecule has 0 fully saturated rings. The quantitative estimate of drug-likeness (QED) is 0.739. The van der Waals surface area contributed by atoms with Gasteiger partial charge in [-0.2, -0.15) is 5.26 Å². The highest BCUT2D eigenvalue weighted by Crippen LogP contribution is 2.35. The fraction of sp³-hybridized carbons (Fsp3) is 0.400. The summed E-state index contributed by atoms with van der Waals surface area (Å²) in [5, 5.41) is 12.5. The predicted molar refractivity (Wildman–Crippen MR) is 65.3 cm³/mol. The van der Waals surface area contributed by atoms with Gasteiger partial charge in [0.1, 0.15) is 15.9 Å². The second kappa shape index (κ2) is 4.86. The molecule has 5 nitrogen and oxygen atoms in total. The Kier molecular flexibility index (Phi) is 3.74. The summed E-state index contributed by atoms with van der Waals surface area (Å²) in [7, 11) is 0. The van der Waals surface area contributed by atoms with Gasteiger partial charge in [0.2, 0.25) is 0 Å². The summed E-state index contributed by atoms with van der Waals surface area (Å²) in [6.07, 6.45) is 0.901. The normalized spacial score (nSPS) is 11.8. The molecule has 0 radical (unpaired) electrons. The van der Waals surface area contributed by atoms with Crippen LogP contribution in [-0.2, 0) is 0 Å². The van der Waals surface area contributed by atoms with Crippen molar-refractivity contribution in [1.82, 2.24) is 0 Å². The van der Waals surface area contributed by atoms with Gasteiger partial charge in [0.25, 0.3) is 5.91 Å². The number of nitrogen functional groups attached to an aromatic ring is 1. The average Bonchev–Trinajstić information content (AvgIpc) is 2.54. The number of hydrogen-bond acceptors (Lipinski definition) is 5. The van der Waals surface area contributed by atoms with E-state index in [4.69, 9.17) is 16.7 Å². The van der Waals surface area contributed by atoms with Crippen molar-refractivity contribution in [1.29, 1.82) is 5.26 Å². The van der Waals surface area contributed by atoms with Crippen LogP contribution in [-0.4, -0.2) is 11.9 Å². The summed E-state index contributed by atoms with van der Waals surface area (Å²) < 4.78 is 0. The van der Waals surface area contributed by atoms with Crippen molar-refractivity contribution in [2.45, 2.75) is 26.3 Å². The molecule has 6 heteroatoms. The van der Waals surface area contributed by atoms with Crippen LogP contribution in [0.5, 0.6) is 0 Å². The third-order valence-corrected chi connectivity index (χ3v) is 3.32. The third-order valence-electron chi connectivity index (χ3n) is 2.28. The second-order valence-corrected chi connectivity index (χ2v) is 4.50. The number of carbonyl (C=O) groups is 1. The van der Waals surface area contributed by atoms with Gasteiger partial charge >= 0.3 is 0 Å². The van der Waals surface area contributed by atoms with Crippen molar-refractivity contribution in [3.63, 3.8) is 0 Å². The van der Waals surface area contributed by atoms with E-state index in [0.717, 1.165) is 17.8 Å². The minimum Gasteiger partial charge on any atom is -0.396 e. The first-order valence-corrected chi connectivity index (χ1v) is 5.71. The van der Waals surface area contributed by atoms with E-state index >= 15 is 0 Å². The number of amides is 1. The van der Waals surface area contributed by atoms with Crippen LogP contribution in [0.25, 0.3) is 0 Å². The number of anilines is 2. The summed E-state index contributed by atoms with van der Waals surface area (Å²) in [6.45, 7) is 4.00. The molecule has 86 valence electrons. The average molecular weight is 238 g/mol. The zero-order chi connectivity index (χ0) is 12.3. The summed E-state index contributed by atoms with van der Waals surface area (Å²) in [4.78, 5) is 11.6. The lowest BCUT2D eigenvalue weighted by atomic mass is 10.2. The summed E-state index contributed by atoms with van der Waals surface area (Å²) in [5.74, 6) is -0.610. The van der Waals surface area contributed by atoms with Crippen molar-refractivity contribution < 1.29 is 4.79 Å². The fourth-order valence-corrected chi connectivity index (χ4v) is 2.23. The molecule has 1 aromatic heterocycles. The number of hydrogen-bond donors (Lipinski definition) is 3. The zero-order valence-electron chi connectivity index (χ0n) is 9.20. The minimum absolute atomic E-state index is 0.172. The summed E-state index contributed by atoms with van der Waals surface area (Å²) >= 11 is 1.16. The van der Waals surface area contributed by atoms with Gasteiger partial charge in [-0.25, -0.2) is 0 Å². The molecule has 0 aliphatic heterocycles. The molecular weight excluding hydrogens is 224 g/mol. The maximum atomic E-state index is 11.2. The van der Waals surface area contributed by atoms with Crippen LogP contribution in [0.1, 0.15) is 35.5 Å². The molecular formula is C10H14N4OS. The number of nitrogens with one attached hydrogen (secondary N) is 1. The van der Waals surface area contributed by atoms with E-state index < -0.39 is 5.91 Å². The first-order valence-electron chi connectivity index (χ1n) is 4.89. The molecule has 0 aliphatic rings. The Hall–Kier alpha value is -1.74. The Morgan fingerprint density at radius 3 is 2.75 bits per heavy atom. The maximum absolute atomic E-state index is 11.2. The lowest BCUT2D eigenvalue weighted by Gasteiger charge is -2.11. The van der Waals surface area contributed by atoms with Crippen LogP contribution in [0.3, 0.4) is 0 Å². The molecule has 1 heterocycles. The number of rotatable bonds is 4. The van der Waals surface area contributed by atoms with E-state index in [1.165, 1.54) is 0 Å². The Morgan fingerprint density at radius 1 is 1.69 bits per heavy atom. The monoisotopic (exact) mass is 238 g/mol. The standard InChI is InChI=1S/C10H14N4OS/c1-3-5(2)14-10-7(9(13)15)8(12)6(4-11)16-10/h5,14H,3,12H2,1-2H3,(H2,13,15). The van der Waals surface area contributed by atoms with E-state index in [1.807, 2.05) is 19.9 Å². The minimum atomic E-state index is -0.610. The highest BCUT2D eigenvalue weighted by molar-refractivity contribution is 7.17. The molecule has 0 saturated carbocycles. The molecule has 5 N–H and O–H groups in total. The van der Waals surface area contributed by atoms with Crippen molar-refractivity contribution in [2.24, 2.45) is 5.73 Å². The Bertz CT molecular complexity index is 446. The number of primary amides is 1. The van der Waals surface area contributed by atoms with Gasteiger partial charge < -0.3 is 16.8 Å². The van der Waals surface area contributed by atoms with Crippen molar-refractivity contribution in [3.05, 3.63) is 10.4 Å². The van der Waals surface area contributed by atoms with Gasteiger partial charge in [-0.15, -0.1) is 11.3 Å². The van der Waals surface area contributed by atoms with Crippen molar-refractivity contribution in [3.8, 4) is 6.07 Å². The van der Waals surface area contributed by atoms with Crippen LogP contribution >= 0.6 is 11.3 Å². The smallest absolute Gasteiger partial charge is 0.253 e. The van der Waals surface area contributed by atoms with Gasteiger partial charge in [-0.05, 0) is 13.3 Å². The van der Waals surface area contributed by atoms with Crippen LogP contribution < -0.4 is 16.8 Å². The van der Waals surface area contributed by atoms with Gasteiger partial charge in [0.15, 0.2) is 0 Å². The van der Waals surface area contributed by atoms with Gasteiger partial charge in [0.05, 0.1) is 11.3 Å². The fourth-order valence-electron chi connectivity index (χ4n) is 1.20. The molecule has 0 spiro atoms. The van der Waals surface area contributed by atoms with Gasteiger partial charge in [-0.1, -0.05) is 6.92 Å². The summed E-state index contributed by atoms with van der Waals surface area (Å²) in [5.41, 5.74) is 11.3. The number of nitrogens with two attached hydrogens (primary N) is 2. The maximum Gasteiger partial charge on any atom is 0.253 e. The van der Waals surface area contributed by atoms with E-state index in [0.29, 0.717) is 9.88 Å². The lowest BCUT2D eigenvalue weighted by molar-refractivity contribution is 0.100. The van der Waals surface area contributed by atoms with Crippen LogP contribution in [0, 0.1) is 11.3 Å².